The first kappa shape index (κ1) is 14.3. The highest BCUT2D eigenvalue weighted by Gasteiger charge is 2.08. The predicted octanol–water partition coefficient (Wildman–Crippen LogP) is -0.687. The van der Waals surface area contributed by atoms with Crippen molar-refractivity contribution in [1.82, 2.24) is 18.9 Å². The van der Waals surface area contributed by atoms with Crippen LogP contribution in [0.15, 0.2) is 27.9 Å². The van der Waals surface area contributed by atoms with E-state index in [9.17, 15) is 9.59 Å². The Morgan fingerprint density at radius 3 is 2.70 bits per heavy atom. The van der Waals surface area contributed by atoms with Gasteiger partial charge in [-0.05, 0) is 12.5 Å². The average Bonchev–Trinajstić information content (AvgIpc) is 2.78. The van der Waals surface area contributed by atoms with Gasteiger partial charge >= 0.3 is 5.69 Å². The Hall–Kier alpha value is -2.15. The normalized spacial score (nSPS) is 10.9. The van der Waals surface area contributed by atoms with E-state index in [1.165, 1.54) is 16.8 Å². The lowest BCUT2D eigenvalue weighted by Gasteiger charge is -2.09. The minimum atomic E-state index is -0.345. The van der Waals surface area contributed by atoms with Crippen molar-refractivity contribution in [2.45, 2.75) is 26.4 Å². The molecular weight excluding hydrogens is 258 g/mol. The molecule has 2 aromatic rings. The summed E-state index contributed by atoms with van der Waals surface area (Å²) in [6.45, 7) is 2.89. The van der Waals surface area contributed by atoms with Crippen LogP contribution < -0.4 is 17.0 Å². The van der Waals surface area contributed by atoms with Gasteiger partial charge in [0.25, 0.3) is 5.56 Å². The Morgan fingerprint density at radius 2 is 2.10 bits per heavy atom. The van der Waals surface area contributed by atoms with E-state index in [4.69, 9.17) is 5.73 Å². The van der Waals surface area contributed by atoms with Crippen molar-refractivity contribution >= 4 is 0 Å². The van der Waals surface area contributed by atoms with Crippen molar-refractivity contribution in [2.75, 3.05) is 6.54 Å². The van der Waals surface area contributed by atoms with Crippen LogP contribution in [0.1, 0.15) is 18.3 Å². The molecule has 20 heavy (non-hydrogen) atoms. The molecule has 7 nitrogen and oxygen atoms in total. The molecule has 0 amide bonds. The van der Waals surface area contributed by atoms with E-state index in [1.54, 1.807) is 4.68 Å². The maximum atomic E-state index is 12.2. The third kappa shape index (κ3) is 2.72. The fourth-order valence-electron chi connectivity index (χ4n) is 2.08. The molecule has 0 aromatic carbocycles. The van der Waals surface area contributed by atoms with Crippen LogP contribution in [0.3, 0.4) is 0 Å². The van der Waals surface area contributed by atoms with E-state index in [1.807, 2.05) is 20.0 Å². The lowest BCUT2D eigenvalue weighted by molar-refractivity contribution is 0.564. The summed E-state index contributed by atoms with van der Waals surface area (Å²) < 4.78 is 4.40. The second kappa shape index (κ2) is 5.87. The molecule has 0 radical (unpaired) electrons. The predicted molar refractivity (Wildman–Crippen MR) is 75.7 cm³/mol. The standard InChI is InChI=1S/C13H19N5O2/c1-3-10-8-11(16(2)15-10)9-17-6-4-12(19)18(7-5-14)13(17)20/h4,6,8H,3,5,7,9,14H2,1-2H3. The molecule has 0 bridgehead atoms. The van der Waals surface area contributed by atoms with Gasteiger partial charge in [0.05, 0.1) is 17.9 Å². The molecule has 2 N–H and O–H groups in total. The van der Waals surface area contributed by atoms with E-state index in [0.29, 0.717) is 6.54 Å². The zero-order valence-corrected chi connectivity index (χ0v) is 11.7. The van der Waals surface area contributed by atoms with Crippen molar-refractivity contribution in [3.8, 4) is 0 Å². The third-order valence-corrected chi connectivity index (χ3v) is 3.21. The van der Waals surface area contributed by atoms with Gasteiger partial charge in [-0.3, -0.25) is 18.6 Å². The molecule has 0 aliphatic carbocycles. The van der Waals surface area contributed by atoms with E-state index < -0.39 is 0 Å². The molecule has 108 valence electrons. The molecule has 0 atom stereocenters. The van der Waals surface area contributed by atoms with Crippen LogP contribution in [0.25, 0.3) is 0 Å². The van der Waals surface area contributed by atoms with Gasteiger partial charge in [0.2, 0.25) is 0 Å². The molecule has 2 aromatic heterocycles. The molecule has 0 unspecified atom stereocenters. The SMILES string of the molecule is CCc1cc(Cn2ccc(=O)n(CCN)c2=O)n(C)n1. The van der Waals surface area contributed by atoms with Crippen molar-refractivity contribution in [2.24, 2.45) is 12.8 Å². The van der Waals surface area contributed by atoms with Crippen LogP contribution in [-0.2, 0) is 26.6 Å². The summed E-state index contributed by atoms with van der Waals surface area (Å²) in [5.41, 5.74) is 6.65. The summed E-state index contributed by atoms with van der Waals surface area (Å²) >= 11 is 0. The first-order chi connectivity index (χ1) is 9.56. The molecule has 0 saturated heterocycles. The molecular formula is C13H19N5O2. The van der Waals surface area contributed by atoms with Gasteiger partial charge in [0, 0.05) is 32.4 Å². The summed E-state index contributed by atoms with van der Waals surface area (Å²) in [5, 5.41) is 4.34. The second-order valence-corrected chi connectivity index (χ2v) is 4.61. The molecule has 2 rings (SSSR count). The van der Waals surface area contributed by atoms with Gasteiger partial charge in [-0.25, -0.2) is 4.79 Å². The van der Waals surface area contributed by atoms with Crippen LogP contribution >= 0.6 is 0 Å². The van der Waals surface area contributed by atoms with Crippen molar-refractivity contribution in [1.29, 1.82) is 0 Å². The number of nitrogens with zero attached hydrogens (tertiary/aromatic N) is 4. The number of aryl methyl sites for hydroxylation is 2. The highest BCUT2D eigenvalue weighted by molar-refractivity contribution is 5.10. The van der Waals surface area contributed by atoms with Crippen LogP contribution in [-0.4, -0.2) is 25.5 Å². The minimum Gasteiger partial charge on any atom is -0.329 e. The Bertz CT molecular complexity index is 710. The molecule has 2 heterocycles. The average molecular weight is 277 g/mol. The largest absolute Gasteiger partial charge is 0.331 e. The van der Waals surface area contributed by atoms with Gasteiger partial charge in [-0.15, -0.1) is 0 Å². The van der Waals surface area contributed by atoms with E-state index in [-0.39, 0.29) is 24.3 Å². The lowest BCUT2D eigenvalue weighted by Crippen LogP contribution is -2.40. The summed E-state index contributed by atoms with van der Waals surface area (Å²) in [5.74, 6) is 0. The van der Waals surface area contributed by atoms with Crippen LogP contribution in [0.4, 0.5) is 0 Å². The highest BCUT2D eigenvalue weighted by Crippen LogP contribution is 2.04. The number of nitrogens with two attached hydrogens (primary N) is 1. The van der Waals surface area contributed by atoms with Gasteiger partial charge in [-0.1, -0.05) is 6.92 Å². The first-order valence-corrected chi connectivity index (χ1v) is 6.59. The number of rotatable bonds is 5. The summed E-state index contributed by atoms with van der Waals surface area (Å²) in [6.07, 6.45) is 2.35. The number of hydrogen-bond acceptors (Lipinski definition) is 4. The fourth-order valence-corrected chi connectivity index (χ4v) is 2.08. The van der Waals surface area contributed by atoms with Gasteiger partial charge < -0.3 is 5.73 Å². The summed E-state index contributed by atoms with van der Waals surface area (Å²) in [7, 11) is 1.84. The van der Waals surface area contributed by atoms with Gasteiger partial charge in [0.1, 0.15) is 0 Å². The van der Waals surface area contributed by atoms with Crippen molar-refractivity contribution in [3.63, 3.8) is 0 Å². The maximum Gasteiger partial charge on any atom is 0.331 e. The molecule has 0 fully saturated rings. The lowest BCUT2D eigenvalue weighted by atomic mass is 10.3. The van der Waals surface area contributed by atoms with E-state index in [2.05, 4.69) is 5.10 Å². The molecule has 0 spiro atoms. The van der Waals surface area contributed by atoms with Gasteiger partial charge in [-0.2, -0.15) is 5.10 Å². The van der Waals surface area contributed by atoms with Crippen LogP contribution in [0.5, 0.6) is 0 Å². The maximum absolute atomic E-state index is 12.2. The quantitative estimate of drug-likeness (QED) is 0.784. The number of hydrogen-bond donors (Lipinski definition) is 1. The Kier molecular flexibility index (Phi) is 4.19. The van der Waals surface area contributed by atoms with Gasteiger partial charge in [0.15, 0.2) is 0 Å². The van der Waals surface area contributed by atoms with E-state index in [0.717, 1.165) is 22.4 Å². The minimum absolute atomic E-state index is 0.226. The third-order valence-electron chi connectivity index (χ3n) is 3.21. The smallest absolute Gasteiger partial charge is 0.329 e. The monoisotopic (exact) mass is 277 g/mol. The Morgan fingerprint density at radius 1 is 1.35 bits per heavy atom. The van der Waals surface area contributed by atoms with Crippen LogP contribution in [0.2, 0.25) is 0 Å². The first-order valence-electron chi connectivity index (χ1n) is 6.59. The topological polar surface area (TPSA) is 87.8 Å². The van der Waals surface area contributed by atoms with Crippen LogP contribution in [0, 0.1) is 0 Å². The Labute approximate surface area is 116 Å². The zero-order valence-electron chi connectivity index (χ0n) is 11.7. The summed E-state index contributed by atoms with van der Waals surface area (Å²) in [4.78, 5) is 23.8. The van der Waals surface area contributed by atoms with Crippen molar-refractivity contribution in [3.05, 3.63) is 50.6 Å². The second-order valence-electron chi connectivity index (χ2n) is 4.61. The Balaban J connectivity index is 2.39. The number of aromatic nitrogens is 4. The molecule has 0 aliphatic heterocycles. The zero-order chi connectivity index (χ0) is 14.7. The van der Waals surface area contributed by atoms with E-state index >= 15 is 0 Å². The molecule has 0 saturated carbocycles. The fraction of sp³-hybridized carbons (Fsp3) is 0.462. The molecule has 7 heteroatoms. The molecule has 0 aliphatic rings. The van der Waals surface area contributed by atoms with Crippen molar-refractivity contribution < 1.29 is 0 Å². The highest BCUT2D eigenvalue weighted by atomic mass is 16.2. The summed E-state index contributed by atoms with van der Waals surface area (Å²) in [6, 6.07) is 3.35.